The number of sulfonamides is 1. The van der Waals surface area contributed by atoms with Gasteiger partial charge in [-0.15, -0.1) is 0 Å². The van der Waals surface area contributed by atoms with Gasteiger partial charge in [-0.1, -0.05) is 24.3 Å². The highest BCUT2D eigenvalue weighted by molar-refractivity contribution is 7.88. The predicted molar refractivity (Wildman–Crippen MR) is 78.8 cm³/mol. The fourth-order valence-electron chi connectivity index (χ4n) is 2.53. The molecule has 0 amide bonds. The van der Waals surface area contributed by atoms with Crippen molar-refractivity contribution in [2.24, 2.45) is 0 Å². The Morgan fingerprint density at radius 2 is 1.70 bits per heavy atom. The van der Waals surface area contributed by atoms with Gasteiger partial charge in [0.05, 0.1) is 12.9 Å². The van der Waals surface area contributed by atoms with Crippen LogP contribution in [-0.4, -0.2) is 55.2 Å². The molecule has 1 aromatic carbocycles. The summed E-state index contributed by atoms with van der Waals surface area (Å²) in [4.78, 5) is 2.29. The van der Waals surface area contributed by atoms with Gasteiger partial charge in [0.2, 0.25) is 10.0 Å². The van der Waals surface area contributed by atoms with E-state index in [1.165, 1.54) is 16.1 Å². The zero-order valence-corrected chi connectivity index (χ0v) is 12.8. The first-order chi connectivity index (χ1) is 9.41. The first-order valence-corrected chi connectivity index (χ1v) is 8.65. The number of aliphatic hydroxyl groups is 1. The van der Waals surface area contributed by atoms with E-state index in [4.69, 9.17) is 5.11 Å². The zero-order valence-electron chi connectivity index (χ0n) is 12.0. The van der Waals surface area contributed by atoms with Crippen molar-refractivity contribution < 1.29 is 13.5 Å². The first-order valence-electron chi connectivity index (χ1n) is 6.80. The van der Waals surface area contributed by atoms with E-state index in [2.05, 4.69) is 11.8 Å². The lowest BCUT2D eigenvalue weighted by Gasteiger charge is -2.37. The zero-order chi connectivity index (χ0) is 14.8. The Hall–Kier alpha value is -0.950. The van der Waals surface area contributed by atoms with Crippen LogP contribution in [0.25, 0.3) is 0 Å². The Kier molecular flexibility index (Phi) is 4.80. The van der Waals surface area contributed by atoms with Crippen LogP contribution in [0.5, 0.6) is 0 Å². The van der Waals surface area contributed by atoms with E-state index < -0.39 is 10.0 Å². The minimum Gasteiger partial charge on any atom is -0.392 e. The Bertz CT molecular complexity index is 534. The number of piperazine rings is 1. The maximum atomic E-state index is 11.5. The van der Waals surface area contributed by atoms with Crippen LogP contribution in [0.1, 0.15) is 24.1 Å². The molecule has 0 spiro atoms. The van der Waals surface area contributed by atoms with Gasteiger partial charge in [0, 0.05) is 32.2 Å². The van der Waals surface area contributed by atoms with Gasteiger partial charge in [-0.05, 0) is 18.1 Å². The Balaban J connectivity index is 1.99. The van der Waals surface area contributed by atoms with Crippen LogP contribution in [0.2, 0.25) is 0 Å². The van der Waals surface area contributed by atoms with Crippen LogP contribution in [0, 0.1) is 0 Å². The van der Waals surface area contributed by atoms with Gasteiger partial charge < -0.3 is 5.11 Å². The summed E-state index contributed by atoms with van der Waals surface area (Å²) >= 11 is 0. The fourth-order valence-corrected chi connectivity index (χ4v) is 3.36. The molecule has 5 nitrogen and oxygen atoms in total. The molecule has 0 bridgehead atoms. The molecule has 0 aromatic heterocycles. The molecule has 1 fully saturated rings. The summed E-state index contributed by atoms with van der Waals surface area (Å²) in [6.07, 6.45) is 1.26. The largest absolute Gasteiger partial charge is 0.392 e. The van der Waals surface area contributed by atoms with Crippen molar-refractivity contribution >= 4 is 10.0 Å². The van der Waals surface area contributed by atoms with Crippen LogP contribution >= 0.6 is 0 Å². The van der Waals surface area contributed by atoms with Crippen LogP contribution in [0.15, 0.2) is 24.3 Å². The van der Waals surface area contributed by atoms with Gasteiger partial charge >= 0.3 is 0 Å². The quantitative estimate of drug-likeness (QED) is 0.894. The van der Waals surface area contributed by atoms with E-state index in [-0.39, 0.29) is 12.6 Å². The molecule has 1 aliphatic rings. The van der Waals surface area contributed by atoms with E-state index in [1.807, 2.05) is 24.3 Å². The second-order valence-electron chi connectivity index (χ2n) is 5.27. The smallest absolute Gasteiger partial charge is 0.211 e. The SMILES string of the molecule is CC(c1ccc(CO)cc1)N1CCN(S(C)(=O)=O)CC1. The number of hydrogen-bond donors (Lipinski definition) is 1. The lowest BCUT2D eigenvalue weighted by atomic mass is 10.0. The van der Waals surface area contributed by atoms with Crippen molar-refractivity contribution in [1.82, 2.24) is 9.21 Å². The molecule has 1 unspecified atom stereocenters. The van der Waals surface area contributed by atoms with Crippen LogP contribution in [0.3, 0.4) is 0 Å². The van der Waals surface area contributed by atoms with E-state index >= 15 is 0 Å². The van der Waals surface area contributed by atoms with Crippen molar-refractivity contribution in [3.05, 3.63) is 35.4 Å². The molecule has 1 atom stereocenters. The highest BCUT2D eigenvalue weighted by Gasteiger charge is 2.26. The maximum Gasteiger partial charge on any atom is 0.211 e. The number of hydrogen-bond acceptors (Lipinski definition) is 4. The second kappa shape index (κ2) is 6.22. The third-order valence-electron chi connectivity index (χ3n) is 3.93. The summed E-state index contributed by atoms with van der Waals surface area (Å²) in [6.45, 7) is 4.79. The third-order valence-corrected chi connectivity index (χ3v) is 5.24. The van der Waals surface area contributed by atoms with Gasteiger partial charge in [0.15, 0.2) is 0 Å². The Morgan fingerprint density at radius 1 is 1.15 bits per heavy atom. The monoisotopic (exact) mass is 298 g/mol. The molecule has 0 aliphatic carbocycles. The van der Waals surface area contributed by atoms with Crippen molar-refractivity contribution in [2.45, 2.75) is 19.6 Å². The summed E-state index contributed by atoms with van der Waals surface area (Å²) in [6, 6.07) is 8.17. The van der Waals surface area contributed by atoms with Gasteiger partial charge in [-0.25, -0.2) is 8.42 Å². The Labute approximate surface area is 120 Å². The number of aliphatic hydroxyl groups excluding tert-OH is 1. The maximum absolute atomic E-state index is 11.5. The molecule has 20 heavy (non-hydrogen) atoms. The molecule has 1 heterocycles. The first kappa shape index (κ1) is 15.4. The average molecular weight is 298 g/mol. The molecule has 6 heteroatoms. The minimum atomic E-state index is -3.07. The second-order valence-corrected chi connectivity index (χ2v) is 7.26. The van der Waals surface area contributed by atoms with Crippen molar-refractivity contribution in [1.29, 1.82) is 0 Å². The van der Waals surface area contributed by atoms with Crippen molar-refractivity contribution in [3.8, 4) is 0 Å². The summed E-state index contributed by atoms with van der Waals surface area (Å²) in [7, 11) is -3.07. The number of nitrogens with zero attached hydrogens (tertiary/aromatic N) is 2. The van der Waals surface area contributed by atoms with E-state index in [1.54, 1.807) is 0 Å². The molecular weight excluding hydrogens is 276 g/mol. The standard InChI is InChI=1S/C14H22N2O3S/c1-12(14-5-3-13(11-17)4-6-14)15-7-9-16(10-8-15)20(2,18)19/h3-6,12,17H,7-11H2,1-2H3. The van der Waals surface area contributed by atoms with E-state index in [0.29, 0.717) is 13.1 Å². The summed E-state index contributed by atoms with van der Waals surface area (Å²) < 4.78 is 24.5. The van der Waals surface area contributed by atoms with Gasteiger partial charge in [-0.3, -0.25) is 4.90 Å². The molecule has 112 valence electrons. The molecule has 0 saturated carbocycles. The normalized spacial score (nSPS) is 19.9. The van der Waals surface area contributed by atoms with Crippen molar-refractivity contribution in [2.75, 3.05) is 32.4 Å². The molecular formula is C14H22N2O3S. The van der Waals surface area contributed by atoms with Crippen molar-refractivity contribution in [3.63, 3.8) is 0 Å². The Morgan fingerprint density at radius 3 is 2.15 bits per heavy atom. The highest BCUT2D eigenvalue weighted by Crippen LogP contribution is 2.22. The van der Waals surface area contributed by atoms with Crippen LogP contribution in [-0.2, 0) is 16.6 Å². The lowest BCUT2D eigenvalue weighted by Crippen LogP contribution is -2.48. The van der Waals surface area contributed by atoms with Gasteiger partial charge in [0.25, 0.3) is 0 Å². The molecule has 1 saturated heterocycles. The minimum absolute atomic E-state index is 0.0572. The van der Waals surface area contributed by atoms with Gasteiger partial charge in [-0.2, -0.15) is 4.31 Å². The summed E-state index contributed by atoms with van der Waals surface area (Å²) in [5.41, 5.74) is 2.10. The third kappa shape index (κ3) is 3.58. The topological polar surface area (TPSA) is 60.9 Å². The van der Waals surface area contributed by atoms with Crippen LogP contribution in [0.4, 0.5) is 0 Å². The summed E-state index contributed by atoms with van der Waals surface area (Å²) in [5.74, 6) is 0. The average Bonchev–Trinajstić information content (AvgIpc) is 2.46. The van der Waals surface area contributed by atoms with E-state index in [9.17, 15) is 8.42 Å². The molecule has 1 aliphatic heterocycles. The van der Waals surface area contributed by atoms with Gasteiger partial charge in [0.1, 0.15) is 0 Å². The number of rotatable bonds is 4. The van der Waals surface area contributed by atoms with E-state index in [0.717, 1.165) is 18.7 Å². The lowest BCUT2D eigenvalue weighted by molar-refractivity contribution is 0.146. The molecule has 1 aromatic rings. The number of benzene rings is 1. The molecule has 2 rings (SSSR count). The molecule has 0 radical (unpaired) electrons. The predicted octanol–water partition coefficient (Wildman–Crippen LogP) is 0.817. The fraction of sp³-hybridized carbons (Fsp3) is 0.571. The van der Waals surface area contributed by atoms with Crippen LogP contribution < -0.4 is 0 Å². The highest BCUT2D eigenvalue weighted by atomic mass is 32.2. The molecule has 1 N–H and O–H groups in total. The summed E-state index contributed by atoms with van der Waals surface area (Å²) in [5, 5.41) is 9.05.